The van der Waals surface area contributed by atoms with Gasteiger partial charge < -0.3 is 14.7 Å². The molecule has 0 aliphatic heterocycles. The van der Waals surface area contributed by atoms with Crippen LogP contribution < -0.4 is 10.9 Å². The molecule has 3 aromatic heterocycles. The third-order valence-corrected chi connectivity index (χ3v) is 4.62. The Morgan fingerprint density at radius 3 is 2.86 bits per heavy atom. The molecule has 0 spiro atoms. The van der Waals surface area contributed by atoms with E-state index in [1.807, 2.05) is 13.0 Å². The Bertz CT molecular complexity index is 1270. The van der Waals surface area contributed by atoms with Gasteiger partial charge in [-0.1, -0.05) is 12.1 Å². The van der Waals surface area contributed by atoms with E-state index < -0.39 is 5.91 Å². The summed E-state index contributed by atoms with van der Waals surface area (Å²) < 4.78 is 8.32. The van der Waals surface area contributed by atoms with Crippen molar-refractivity contribution < 1.29 is 9.21 Å². The maximum absolute atomic E-state index is 13.1. The van der Waals surface area contributed by atoms with Crippen molar-refractivity contribution in [2.45, 2.75) is 20.0 Å². The van der Waals surface area contributed by atoms with Crippen LogP contribution in [0.5, 0.6) is 0 Å². The van der Waals surface area contributed by atoms with Crippen LogP contribution in [0.1, 0.15) is 23.2 Å². The summed E-state index contributed by atoms with van der Waals surface area (Å²) >= 11 is 5.39. The minimum Gasteiger partial charge on any atom is -0.467 e. The summed E-state index contributed by atoms with van der Waals surface area (Å²) in [5.41, 5.74) is 0.775. The van der Waals surface area contributed by atoms with Gasteiger partial charge >= 0.3 is 0 Å². The standard InChI is InChI=1S/C19H17N5O3S/c1-2-23-11-15(16(22-23)17(25)20-10-12-6-5-9-27-12)24-18(26)13-7-3-4-8-14(13)21-19(24)28/h3-9,11H,2,10H2,1H3,(H,20,25)(H,21,28). The molecule has 4 rings (SSSR count). The zero-order valence-corrected chi connectivity index (χ0v) is 15.8. The first kappa shape index (κ1) is 17.9. The molecule has 4 aromatic rings. The summed E-state index contributed by atoms with van der Waals surface area (Å²) in [6.07, 6.45) is 3.17. The fourth-order valence-corrected chi connectivity index (χ4v) is 3.23. The van der Waals surface area contributed by atoms with Crippen LogP contribution in [0.4, 0.5) is 0 Å². The lowest BCUT2D eigenvalue weighted by Gasteiger charge is -2.08. The molecule has 0 radical (unpaired) electrons. The summed E-state index contributed by atoms with van der Waals surface area (Å²) in [4.78, 5) is 28.9. The number of nitrogens with zero attached hydrogens (tertiary/aromatic N) is 3. The van der Waals surface area contributed by atoms with E-state index in [4.69, 9.17) is 16.6 Å². The molecule has 0 unspecified atom stereocenters. The molecule has 0 aliphatic carbocycles. The van der Waals surface area contributed by atoms with Crippen LogP contribution >= 0.6 is 12.2 Å². The Balaban J connectivity index is 1.81. The van der Waals surface area contributed by atoms with E-state index in [0.29, 0.717) is 28.9 Å². The lowest BCUT2D eigenvalue weighted by atomic mass is 10.2. The summed E-state index contributed by atoms with van der Waals surface area (Å²) in [5, 5.41) is 7.55. The second-order valence-corrected chi connectivity index (χ2v) is 6.48. The number of nitrogens with one attached hydrogen (secondary N) is 2. The van der Waals surface area contributed by atoms with Gasteiger partial charge in [-0.3, -0.25) is 14.3 Å². The highest BCUT2D eigenvalue weighted by atomic mass is 32.1. The third kappa shape index (κ3) is 3.16. The van der Waals surface area contributed by atoms with Gasteiger partial charge in [-0.25, -0.2) is 4.57 Å². The predicted octanol–water partition coefficient (Wildman–Crippen LogP) is 2.79. The van der Waals surface area contributed by atoms with Gasteiger partial charge in [-0.2, -0.15) is 5.10 Å². The van der Waals surface area contributed by atoms with Crippen molar-refractivity contribution in [3.8, 4) is 5.69 Å². The average Bonchev–Trinajstić information content (AvgIpc) is 3.36. The monoisotopic (exact) mass is 395 g/mol. The predicted molar refractivity (Wildman–Crippen MR) is 106 cm³/mol. The van der Waals surface area contributed by atoms with Gasteiger partial charge in [-0.15, -0.1) is 0 Å². The van der Waals surface area contributed by atoms with Crippen molar-refractivity contribution in [3.05, 3.63) is 75.4 Å². The van der Waals surface area contributed by atoms with Gasteiger partial charge in [0.1, 0.15) is 11.4 Å². The number of amides is 1. The van der Waals surface area contributed by atoms with E-state index in [1.165, 1.54) is 10.8 Å². The normalized spacial score (nSPS) is 11.0. The molecule has 2 N–H and O–H groups in total. The second-order valence-electron chi connectivity index (χ2n) is 6.10. The zero-order valence-electron chi connectivity index (χ0n) is 15.0. The molecule has 1 amide bonds. The molecule has 0 aliphatic rings. The molecule has 1 aromatic carbocycles. The number of benzene rings is 1. The maximum atomic E-state index is 13.1. The van der Waals surface area contributed by atoms with E-state index in [0.717, 1.165) is 0 Å². The number of carbonyl (C=O) groups excluding carboxylic acids is 1. The van der Waals surface area contributed by atoms with Crippen LogP contribution in [0.25, 0.3) is 16.6 Å². The SMILES string of the molecule is CCn1cc(-n2c(=S)[nH]c3ccccc3c2=O)c(C(=O)NCc2ccco2)n1. The van der Waals surface area contributed by atoms with Gasteiger partial charge in [0.05, 0.1) is 29.9 Å². The molecule has 8 nitrogen and oxygen atoms in total. The number of furan rings is 1. The Hall–Kier alpha value is -3.46. The number of aryl methyl sites for hydroxylation is 1. The number of fused-ring (bicyclic) bond motifs is 1. The maximum Gasteiger partial charge on any atom is 0.274 e. The first-order valence-electron chi connectivity index (χ1n) is 8.71. The van der Waals surface area contributed by atoms with Crippen molar-refractivity contribution in [1.82, 2.24) is 24.6 Å². The van der Waals surface area contributed by atoms with Crippen LogP contribution in [0.3, 0.4) is 0 Å². The molecule has 28 heavy (non-hydrogen) atoms. The Labute approximate surface area is 164 Å². The van der Waals surface area contributed by atoms with E-state index in [1.54, 1.807) is 41.2 Å². The summed E-state index contributed by atoms with van der Waals surface area (Å²) in [6.45, 7) is 2.65. The molecule has 0 atom stereocenters. The summed E-state index contributed by atoms with van der Waals surface area (Å²) in [6, 6.07) is 10.6. The summed E-state index contributed by atoms with van der Waals surface area (Å²) in [7, 11) is 0. The number of aromatic amines is 1. The Morgan fingerprint density at radius 2 is 2.11 bits per heavy atom. The first-order valence-corrected chi connectivity index (χ1v) is 9.11. The minimum absolute atomic E-state index is 0.116. The van der Waals surface area contributed by atoms with Crippen molar-refractivity contribution in [1.29, 1.82) is 0 Å². The van der Waals surface area contributed by atoms with Gasteiger partial charge in [0.15, 0.2) is 10.5 Å². The smallest absolute Gasteiger partial charge is 0.274 e. The molecule has 0 fully saturated rings. The van der Waals surface area contributed by atoms with Gasteiger partial charge in [0.2, 0.25) is 0 Å². The van der Waals surface area contributed by atoms with Crippen molar-refractivity contribution in [2.75, 3.05) is 0 Å². The van der Waals surface area contributed by atoms with Crippen molar-refractivity contribution in [2.24, 2.45) is 0 Å². The number of H-pyrrole nitrogens is 1. The van der Waals surface area contributed by atoms with Crippen LogP contribution in [-0.4, -0.2) is 25.2 Å². The van der Waals surface area contributed by atoms with Gasteiger partial charge in [0.25, 0.3) is 11.5 Å². The number of aromatic nitrogens is 4. The largest absolute Gasteiger partial charge is 0.467 e. The molecule has 3 heterocycles. The van der Waals surface area contributed by atoms with Gasteiger partial charge in [0, 0.05) is 6.54 Å². The van der Waals surface area contributed by atoms with Crippen LogP contribution in [0.15, 0.2) is 58.1 Å². The first-order chi connectivity index (χ1) is 13.6. The second kappa shape index (κ2) is 7.28. The third-order valence-electron chi connectivity index (χ3n) is 4.33. The molecule has 0 saturated heterocycles. The molecular weight excluding hydrogens is 378 g/mol. The lowest BCUT2D eigenvalue weighted by Crippen LogP contribution is -2.27. The Kier molecular flexibility index (Phi) is 4.66. The topological polar surface area (TPSA) is 97.8 Å². The number of hydrogen-bond acceptors (Lipinski definition) is 5. The zero-order chi connectivity index (χ0) is 19.7. The fourth-order valence-electron chi connectivity index (χ4n) is 2.94. The Morgan fingerprint density at radius 1 is 1.29 bits per heavy atom. The van der Waals surface area contributed by atoms with E-state index in [-0.39, 0.29) is 22.6 Å². The lowest BCUT2D eigenvalue weighted by molar-refractivity contribution is 0.0942. The molecular formula is C19H17N5O3S. The van der Waals surface area contributed by atoms with E-state index in [2.05, 4.69) is 15.4 Å². The number of rotatable bonds is 5. The summed E-state index contributed by atoms with van der Waals surface area (Å²) in [5.74, 6) is 0.193. The highest BCUT2D eigenvalue weighted by Crippen LogP contribution is 2.15. The number of hydrogen-bond donors (Lipinski definition) is 2. The fraction of sp³-hybridized carbons (Fsp3) is 0.158. The van der Waals surface area contributed by atoms with Crippen LogP contribution in [-0.2, 0) is 13.1 Å². The van der Waals surface area contributed by atoms with Crippen LogP contribution in [0, 0.1) is 4.77 Å². The van der Waals surface area contributed by atoms with E-state index >= 15 is 0 Å². The van der Waals surface area contributed by atoms with Gasteiger partial charge in [-0.05, 0) is 43.4 Å². The number of para-hydroxylation sites is 1. The molecule has 9 heteroatoms. The van der Waals surface area contributed by atoms with Crippen LogP contribution in [0.2, 0.25) is 0 Å². The molecule has 142 valence electrons. The van der Waals surface area contributed by atoms with Crippen molar-refractivity contribution >= 4 is 29.0 Å². The highest BCUT2D eigenvalue weighted by molar-refractivity contribution is 7.71. The molecule has 0 bridgehead atoms. The molecule has 0 saturated carbocycles. The average molecular weight is 395 g/mol. The quantitative estimate of drug-likeness (QED) is 0.507. The number of carbonyl (C=O) groups is 1. The van der Waals surface area contributed by atoms with E-state index in [9.17, 15) is 9.59 Å². The van der Waals surface area contributed by atoms with Crippen molar-refractivity contribution in [3.63, 3.8) is 0 Å². The minimum atomic E-state index is -0.423. The highest BCUT2D eigenvalue weighted by Gasteiger charge is 2.21.